The molecule has 3 aromatic rings. The molecule has 30 heavy (non-hydrogen) atoms. The minimum atomic E-state index is -0.493. The number of carbonyl (C=O) groups is 1. The molecule has 1 amide bonds. The van der Waals surface area contributed by atoms with Crippen LogP contribution in [0.3, 0.4) is 0 Å². The van der Waals surface area contributed by atoms with Gasteiger partial charge in [0.1, 0.15) is 0 Å². The molecular formula is C17H15ClN8O3S. The van der Waals surface area contributed by atoms with Crippen molar-refractivity contribution in [3.05, 3.63) is 69.2 Å². The van der Waals surface area contributed by atoms with Crippen molar-refractivity contribution in [3.8, 4) is 0 Å². The summed E-state index contributed by atoms with van der Waals surface area (Å²) in [4.78, 5) is 22.4. The van der Waals surface area contributed by atoms with Crippen molar-refractivity contribution in [2.24, 2.45) is 5.10 Å². The molecule has 2 aromatic carbocycles. The molecular weight excluding hydrogens is 432 g/mol. The number of hydrazone groups is 1. The van der Waals surface area contributed by atoms with E-state index < -0.39 is 4.92 Å². The molecule has 0 aliphatic rings. The normalized spacial score (nSPS) is 10.8. The number of nitro groups is 1. The third-order valence-electron chi connectivity index (χ3n) is 3.56. The van der Waals surface area contributed by atoms with Gasteiger partial charge >= 0.3 is 0 Å². The molecule has 0 saturated heterocycles. The number of hydrogen-bond donors (Lipinski definition) is 3. The van der Waals surface area contributed by atoms with E-state index in [0.29, 0.717) is 21.4 Å². The van der Waals surface area contributed by atoms with Crippen molar-refractivity contribution in [2.45, 2.75) is 5.16 Å². The maximum atomic E-state index is 12.1. The van der Waals surface area contributed by atoms with Gasteiger partial charge in [-0.15, -0.1) is 10.2 Å². The average Bonchev–Trinajstić information content (AvgIpc) is 3.06. The predicted molar refractivity (Wildman–Crippen MR) is 115 cm³/mol. The number of nitrogen functional groups attached to an aromatic ring is 1. The topological polar surface area (TPSA) is 153 Å². The Balaban J connectivity index is 1.54. The highest BCUT2D eigenvalue weighted by Gasteiger charge is 2.12. The van der Waals surface area contributed by atoms with E-state index in [1.165, 1.54) is 18.3 Å². The van der Waals surface area contributed by atoms with Gasteiger partial charge in [-0.25, -0.2) is 10.1 Å². The number of aromatic nitrogens is 3. The van der Waals surface area contributed by atoms with Crippen LogP contribution in [0.25, 0.3) is 0 Å². The minimum absolute atomic E-state index is 0.0457. The fourth-order valence-electron chi connectivity index (χ4n) is 2.23. The summed E-state index contributed by atoms with van der Waals surface area (Å²) in [5.74, 6) is 5.83. The second-order valence-electron chi connectivity index (χ2n) is 5.75. The molecule has 0 unspecified atom stereocenters. The Bertz CT molecular complexity index is 1100. The lowest BCUT2D eigenvalue weighted by molar-refractivity contribution is -0.384. The number of non-ortho nitro benzene ring substituents is 1. The Morgan fingerprint density at radius 1 is 1.30 bits per heavy atom. The average molecular weight is 447 g/mol. The summed E-state index contributed by atoms with van der Waals surface area (Å²) in [5.41, 5.74) is 3.66. The molecule has 13 heteroatoms. The van der Waals surface area contributed by atoms with Gasteiger partial charge in [0.2, 0.25) is 11.1 Å². The number of hydrogen-bond acceptors (Lipinski definition) is 9. The van der Waals surface area contributed by atoms with E-state index >= 15 is 0 Å². The smallest absolute Gasteiger partial charge is 0.270 e. The van der Waals surface area contributed by atoms with Crippen LogP contribution in [-0.2, 0) is 4.79 Å². The molecule has 0 radical (unpaired) electrons. The molecule has 0 spiro atoms. The van der Waals surface area contributed by atoms with Crippen molar-refractivity contribution in [1.82, 2.24) is 14.9 Å². The van der Waals surface area contributed by atoms with Crippen molar-refractivity contribution in [1.29, 1.82) is 0 Å². The Kier molecular flexibility index (Phi) is 6.83. The lowest BCUT2D eigenvalue weighted by Crippen LogP contribution is -2.16. The van der Waals surface area contributed by atoms with E-state index in [9.17, 15) is 14.9 Å². The fraction of sp³-hybridized carbons (Fsp3) is 0.0588. The zero-order valence-electron chi connectivity index (χ0n) is 15.2. The van der Waals surface area contributed by atoms with Crippen LogP contribution in [0.4, 0.5) is 17.3 Å². The number of nitro benzene ring substituents is 1. The highest BCUT2D eigenvalue weighted by atomic mass is 35.5. The number of halogens is 1. The Morgan fingerprint density at radius 2 is 2.10 bits per heavy atom. The van der Waals surface area contributed by atoms with Gasteiger partial charge in [-0.05, 0) is 18.2 Å². The third-order valence-corrected chi connectivity index (χ3v) is 4.74. The van der Waals surface area contributed by atoms with Crippen LogP contribution >= 0.6 is 23.4 Å². The van der Waals surface area contributed by atoms with Gasteiger partial charge in [0.15, 0.2) is 0 Å². The minimum Gasteiger partial charge on any atom is -0.334 e. The molecule has 0 aliphatic heterocycles. The van der Waals surface area contributed by atoms with Crippen LogP contribution < -0.4 is 16.6 Å². The van der Waals surface area contributed by atoms with E-state index in [4.69, 9.17) is 17.4 Å². The molecule has 1 heterocycles. The van der Waals surface area contributed by atoms with Crippen molar-refractivity contribution in [3.63, 3.8) is 0 Å². The number of amides is 1. The van der Waals surface area contributed by atoms with Crippen LogP contribution in [0, 0.1) is 10.1 Å². The van der Waals surface area contributed by atoms with E-state index in [2.05, 4.69) is 26.0 Å². The Hall–Kier alpha value is -3.64. The first-order valence-corrected chi connectivity index (χ1v) is 9.71. The lowest BCUT2D eigenvalue weighted by atomic mass is 10.2. The van der Waals surface area contributed by atoms with Gasteiger partial charge in [-0.2, -0.15) is 5.10 Å². The zero-order chi connectivity index (χ0) is 21.5. The molecule has 11 nitrogen and oxygen atoms in total. The van der Waals surface area contributed by atoms with Gasteiger partial charge in [-0.1, -0.05) is 41.6 Å². The number of nitrogens with one attached hydrogen (secondary N) is 2. The fourth-order valence-corrected chi connectivity index (χ4v) is 3.08. The highest BCUT2D eigenvalue weighted by molar-refractivity contribution is 7.99. The summed E-state index contributed by atoms with van der Waals surface area (Å²) >= 11 is 6.97. The van der Waals surface area contributed by atoms with Crippen molar-refractivity contribution >= 4 is 52.8 Å². The third kappa shape index (κ3) is 5.68. The summed E-state index contributed by atoms with van der Waals surface area (Å²) in [6.45, 7) is 0. The largest absolute Gasteiger partial charge is 0.334 e. The Morgan fingerprint density at radius 3 is 2.87 bits per heavy atom. The Labute approximate surface area is 179 Å². The summed E-state index contributed by atoms with van der Waals surface area (Å²) < 4.78 is 1.14. The van der Waals surface area contributed by atoms with Crippen LogP contribution in [-0.4, -0.2) is 37.7 Å². The second kappa shape index (κ2) is 9.71. The van der Waals surface area contributed by atoms with Crippen LogP contribution in [0.15, 0.2) is 58.8 Å². The molecule has 3 rings (SSSR count). The molecule has 0 bridgehead atoms. The molecule has 0 fully saturated rings. The first-order valence-electron chi connectivity index (χ1n) is 8.34. The lowest BCUT2D eigenvalue weighted by Gasteiger charge is -2.05. The number of rotatable bonds is 8. The molecule has 154 valence electrons. The van der Waals surface area contributed by atoms with Crippen molar-refractivity contribution in [2.75, 3.05) is 22.3 Å². The predicted octanol–water partition coefficient (Wildman–Crippen LogP) is 2.73. The molecule has 0 saturated carbocycles. The number of benzene rings is 2. The maximum Gasteiger partial charge on any atom is 0.270 e. The molecule has 1 aromatic heterocycles. The summed E-state index contributed by atoms with van der Waals surface area (Å²) in [7, 11) is 0. The molecule has 0 atom stereocenters. The zero-order valence-corrected chi connectivity index (χ0v) is 16.8. The summed E-state index contributed by atoms with van der Waals surface area (Å²) in [6.07, 6.45) is 1.38. The second-order valence-corrected chi connectivity index (χ2v) is 7.12. The number of carbonyl (C=O) groups excluding carboxylic acids is 1. The van der Waals surface area contributed by atoms with Gasteiger partial charge in [0.25, 0.3) is 11.6 Å². The monoisotopic (exact) mass is 446 g/mol. The van der Waals surface area contributed by atoms with Gasteiger partial charge in [0.05, 0.1) is 16.9 Å². The van der Waals surface area contributed by atoms with Gasteiger partial charge in [-0.3, -0.25) is 14.9 Å². The number of nitrogens with zero attached hydrogens (tertiary/aromatic N) is 5. The van der Waals surface area contributed by atoms with Crippen LogP contribution in [0.1, 0.15) is 5.56 Å². The highest BCUT2D eigenvalue weighted by Crippen LogP contribution is 2.19. The summed E-state index contributed by atoms with van der Waals surface area (Å²) in [5, 5.41) is 26.0. The van der Waals surface area contributed by atoms with Crippen molar-refractivity contribution < 1.29 is 9.72 Å². The van der Waals surface area contributed by atoms with Gasteiger partial charge < -0.3 is 11.2 Å². The quantitative estimate of drug-likeness (QED) is 0.157. The molecule has 0 aliphatic carbocycles. The first-order chi connectivity index (χ1) is 14.4. The van der Waals surface area contributed by atoms with E-state index in [1.54, 1.807) is 36.4 Å². The SMILES string of the molecule is Nn1c(N/N=C/c2cccc([N+](=O)[O-])c2)nnc1SCC(=O)Nc1cccc(Cl)c1. The standard InChI is InChI=1S/C17H15ClN8O3S/c18-12-4-2-5-13(8-12)21-15(27)10-30-17-24-23-16(25(17)19)22-20-9-11-3-1-6-14(7-11)26(28)29/h1-9H,10,19H2,(H,21,27)(H,22,23)/b20-9+. The van der Waals surface area contributed by atoms with Gasteiger partial charge in [0, 0.05) is 28.4 Å². The van der Waals surface area contributed by atoms with E-state index in [0.717, 1.165) is 16.4 Å². The number of nitrogens with two attached hydrogens (primary N) is 1. The number of anilines is 2. The molecule has 4 N–H and O–H groups in total. The number of thioether (sulfide) groups is 1. The maximum absolute atomic E-state index is 12.1. The summed E-state index contributed by atoms with van der Waals surface area (Å²) in [6, 6.07) is 12.8. The van der Waals surface area contributed by atoms with E-state index in [1.807, 2.05) is 0 Å². The first kappa shape index (κ1) is 21.1. The van der Waals surface area contributed by atoms with Crippen LogP contribution in [0.2, 0.25) is 5.02 Å². The van der Waals surface area contributed by atoms with E-state index in [-0.39, 0.29) is 23.3 Å². The van der Waals surface area contributed by atoms with Crippen LogP contribution in [0.5, 0.6) is 0 Å².